The Morgan fingerprint density at radius 3 is 2.60 bits per heavy atom. The van der Waals surface area contributed by atoms with Gasteiger partial charge in [0.15, 0.2) is 11.6 Å². The lowest BCUT2D eigenvalue weighted by Crippen LogP contribution is -2.39. The molecule has 0 saturated carbocycles. The molecule has 0 radical (unpaired) electrons. The largest absolute Gasteiger partial charge is 0.356 e. The van der Waals surface area contributed by atoms with Gasteiger partial charge in [0.05, 0.1) is 0 Å². The number of halogens is 1. The number of hydrogen-bond donors (Lipinski definition) is 2. The number of nitrogens with one attached hydrogen (secondary N) is 2. The molecule has 0 amide bonds. The number of rotatable bonds is 7. The molecule has 8 heteroatoms. The smallest absolute Gasteiger partial charge is 0.191 e. The summed E-state index contributed by atoms with van der Waals surface area (Å²) in [6, 6.07) is 9.99. The molecule has 3 aromatic rings. The third kappa shape index (κ3) is 5.45. The van der Waals surface area contributed by atoms with E-state index < -0.39 is 0 Å². The molecule has 3 aromatic heterocycles. The van der Waals surface area contributed by atoms with Crippen LogP contribution in [0.2, 0.25) is 0 Å². The zero-order valence-electron chi connectivity index (χ0n) is 14.3. The minimum Gasteiger partial charge on any atom is -0.356 e. The van der Waals surface area contributed by atoms with E-state index in [1.807, 2.05) is 40.9 Å². The van der Waals surface area contributed by atoms with Crippen LogP contribution in [0, 0.1) is 0 Å². The van der Waals surface area contributed by atoms with Gasteiger partial charge in [-0.05, 0) is 30.7 Å². The molecule has 3 rings (SSSR count). The van der Waals surface area contributed by atoms with Gasteiger partial charge in [-0.25, -0.2) is 0 Å². The van der Waals surface area contributed by atoms with Crippen LogP contribution < -0.4 is 10.6 Å². The van der Waals surface area contributed by atoms with Crippen LogP contribution >= 0.6 is 24.0 Å². The maximum absolute atomic E-state index is 4.25. The fraction of sp³-hybridized carbons (Fsp3) is 0.353. The molecule has 134 valence electrons. The average molecular weight is 453 g/mol. The van der Waals surface area contributed by atoms with Crippen molar-refractivity contribution in [3.05, 3.63) is 54.7 Å². The Labute approximate surface area is 164 Å². The number of fused-ring (bicyclic) bond motifs is 1. The Balaban J connectivity index is 0.00000225. The summed E-state index contributed by atoms with van der Waals surface area (Å²) in [6.45, 7) is 2.59. The Bertz CT molecular complexity index is 779. The van der Waals surface area contributed by atoms with Gasteiger partial charge < -0.3 is 15.2 Å². The minimum absolute atomic E-state index is 0. The lowest BCUT2D eigenvalue weighted by atomic mass is 10.3. The number of nitrogens with zero attached hydrogens (tertiary/aromatic N) is 5. The summed E-state index contributed by atoms with van der Waals surface area (Å²) in [5.74, 6) is 1.82. The number of pyridine rings is 1. The first-order chi connectivity index (χ1) is 11.9. The standard InChI is InChI=1S/C17H23N7.HI/c1-18-17(20-10-14-23-11-4-5-12-23)19-9-6-8-16-22-21-15-7-2-3-13-24(15)16;/h2-5,7,11-13H,6,8-10,14H2,1H3,(H2,18,19,20);1H. The quantitative estimate of drug-likeness (QED) is 0.248. The normalized spacial score (nSPS) is 11.3. The number of guanidine groups is 1. The third-order valence-electron chi connectivity index (χ3n) is 3.81. The molecule has 7 nitrogen and oxygen atoms in total. The Kier molecular flexibility index (Phi) is 7.71. The molecule has 0 aliphatic carbocycles. The van der Waals surface area contributed by atoms with Crippen LogP contribution in [0.3, 0.4) is 0 Å². The van der Waals surface area contributed by atoms with Crippen molar-refractivity contribution < 1.29 is 0 Å². The predicted molar refractivity (Wildman–Crippen MR) is 111 cm³/mol. The van der Waals surface area contributed by atoms with E-state index in [4.69, 9.17) is 0 Å². The highest BCUT2D eigenvalue weighted by Gasteiger charge is 2.04. The van der Waals surface area contributed by atoms with E-state index in [1.54, 1.807) is 7.05 Å². The molecule has 0 aliphatic heterocycles. The maximum atomic E-state index is 4.25. The van der Waals surface area contributed by atoms with Gasteiger partial charge in [-0.2, -0.15) is 0 Å². The molecular formula is C17H24IN7. The zero-order chi connectivity index (χ0) is 16.6. The molecule has 0 atom stereocenters. The summed E-state index contributed by atoms with van der Waals surface area (Å²) < 4.78 is 4.17. The van der Waals surface area contributed by atoms with Crippen molar-refractivity contribution in [2.45, 2.75) is 19.4 Å². The van der Waals surface area contributed by atoms with Crippen LogP contribution in [0.4, 0.5) is 0 Å². The zero-order valence-corrected chi connectivity index (χ0v) is 16.6. The van der Waals surface area contributed by atoms with Crippen LogP contribution in [0.5, 0.6) is 0 Å². The summed E-state index contributed by atoms with van der Waals surface area (Å²) in [5, 5.41) is 15.1. The fourth-order valence-electron chi connectivity index (χ4n) is 2.56. The second-order valence-electron chi connectivity index (χ2n) is 5.50. The van der Waals surface area contributed by atoms with Gasteiger partial charge in [0.2, 0.25) is 0 Å². The second-order valence-corrected chi connectivity index (χ2v) is 5.50. The summed E-state index contributed by atoms with van der Waals surface area (Å²) >= 11 is 0. The maximum Gasteiger partial charge on any atom is 0.191 e. The van der Waals surface area contributed by atoms with E-state index in [-0.39, 0.29) is 24.0 Å². The van der Waals surface area contributed by atoms with Crippen molar-refractivity contribution >= 4 is 35.6 Å². The summed E-state index contributed by atoms with van der Waals surface area (Å²) in [6.07, 6.45) is 7.95. The first-order valence-corrected chi connectivity index (χ1v) is 8.21. The fourth-order valence-corrected chi connectivity index (χ4v) is 2.56. The summed E-state index contributed by atoms with van der Waals surface area (Å²) in [7, 11) is 1.79. The van der Waals surface area contributed by atoms with E-state index in [0.717, 1.165) is 49.9 Å². The topological polar surface area (TPSA) is 71.5 Å². The van der Waals surface area contributed by atoms with Crippen molar-refractivity contribution in [1.29, 1.82) is 0 Å². The summed E-state index contributed by atoms with van der Waals surface area (Å²) in [5.41, 5.74) is 0.892. The van der Waals surface area contributed by atoms with E-state index in [1.165, 1.54) is 0 Å². The molecule has 0 unspecified atom stereocenters. The highest BCUT2D eigenvalue weighted by Crippen LogP contribution is 2.04. The Morgan fingerprint density at radius 1 is 1.04 bits per heavy atom. The number of aliphatic imine (C=N–C) groups is 1. The van der Waals surface area contributed by atoms with Gasteiger partial charge >= 0.3 is 0 Å². The van der Waals surface area contributed by atoms with E-state index in [9.17, 15) is 0 Å². The minimum atomic E-state index is 0. The predicted octanol–water partition coefficient (Wildman–Crippen LogP) is 1.95. The third-order valence-corrected chi connectivity index (χ3v) is 3.81. The van der Waals surface area contributed by atoms with E-state index >= 15 is 0 Å². The average Bonchev–Trinajstić information content (AvgIpc) is 3.27. The van der Waals surface area contributed by atoms with Crippen molar-refractivity contribution in [2.75, 3.05) is 20.1 Å². The highest BCUT2D eigenvalue weighted by molar-refractivity contribution is 14.0. The molecule has 2 N–H and O–H groups in total. The van der Waals surface area contributed by atoms with Crippen LogP contribution in [-0.2, 0) is 13.0 Å². The SMILES string of the molecule is CN=C(NCCCc1nnc2ccccn12)NCCn1cccc1.I. The molecule has 25 heavy (non-hydrogen) atoms. The molecule has 0 saturated heterocycles. The highest BCUT2D eigenvalue weighted by atomic mass is 127. The molecule has 0 spiro atoms. The summed E-state index contributed by atoms with van der Waals surface area (Å²) in [4.78, 5) is 4.24. The van der Waals surface area contributed by atoms with Crippen LogP contribution in [0.1, 0.15) is 12.2 Å². The van der Waals surface area contributed by atoms with Gasteiger partial charge in [0.25, 0.3) is 0 Å². The number of aromatic nitrogens is 4. The number of hydrogen-bond acceptors (Lipinski definition) is 3. The first kappa shape index (κ1) is 19.2. The lowest BCUT2D eigenvalue weighted by Gasteiger charge is -2.12. The lowest BCUT2D eigenvalue weighted by molar-refractivity contribution is 0.658. The Morgan fingerprint density at radius 2 is 1.80 bits per heavy atom. The monoisotopic (exact) mass is 453 g/mol. The van der Waals surface area contributed by atoms with Gasteiger partial charge in [-0.1, -0.05) is 6.07 Å². The van der Waals surface area contributed by atoms with Gasteiger partial charge in [0.1, 0.15) is 5.82 Å². The van der Waals surface area contributed by atoms with Gasteiger partial charge in [-0.15, -0.1) is 34.2 Å². The van der Waals surface area contributed by atoms with Crippen LogP contribution in [0.15, 0.2) is 53.9 Å². The molecule has 3 heterocycles. The molecule has 0 fully saturated rings. The molecule has 0 aliphatic rings. The number of aryl methyl sites for hydroxylation is 1. The van der Waals surface area contributed by atoms with E-state index in [0.29, 0.717) is 0 Å². The molecule has 0 aromatic carbocycles. The van der Waals surface area contributed by atoms with Crippen molar-refractivity contribution in [3.63, 3.8) is 0 Å². The van der Waals surface area contributed by atoms with Crippen molar-refractivity contribution in [1.82, 2.24) is 29.8 Å². The van der Waals surface area contributed by atoms with Crippen molar-refractivity contribution in [3.8, 4) is 0 Å². The molecular weight excluding hydrogens is 429 g/mol. The van der Waals surface area contributed by atoms with Gasteiger partial charge in [0, 0.05) is 51.7 Å². The molecule has 0 bridgehead atoms. The van der Waals surface area contributed by atoms with Crippen molar-refractivity contribution in [2.24, 2.45) is 4.99 Å². The van der Waals surface area contributed by atoms with Crippen LogP contribution in [-0.4, -0.2) is 45.3 Å². The van der Waals surface area contributed by atoms with Crippen LogP contribution in [0.25, 0.3) is 5.65 Å². The second kappa shape index (κ2) is 10.0. The Hall–Kier alpha value is -2.10. The van der Waals surface area contributed by atoms with Gasteiger partial charge in [-0.3, -0.25) is 9.39 Å². The first-order valence-electron chi connectivity index (χ1n) is 8.21. The van der Waals surface area contributed by atoms with E-state index in [2.05, 4.69) is 42.8 Å².